The number of benzene rings is 4. The molecule has 17 N–H and O–H groups in total. The molecule has 0 aromatic heterocycles. The number of hydrogen-bond donors (Lipinski definition) is 15. The molecular weight excluding hydrogens is 2120 g/mol. The second kappa shape index (κ2) is 64.8. The topological polar surface area (TPSA) is 652 Å². The number of nitrogens with zero attached hydrogens (tertiary/aromatic N) is 4. The Bertz CT molecular complexity index is 5090. The number of ether oxygens (including phenoxy) is 6. The third kappa shape index (κ3) is 63.4. The number of rotatable bonds is 52. The van der Waals surface area contributed by atoms with Crippen molar-refractivity contribution in [1.82, 2.24) is 33.2 Å². The summed E-state index contributed by atoms with van der Waals surface area (Å²) in [6.45, 7) is 46.3. The first-order valence-electron chi connectivity index (χ1n) is 48.1. The van der Waals surface area contributed by atoms with Crippen molar-refractivity contribution in [3.05, 3.63) is 97.1 Å². The minimum Gasteiger partial charge on any atom is -0.444 e. The van der Waals surface area contributed by atoms with Crippen LogP contribution < -0.4 is 43.4 Å². The smallest absolute Gasteiger partial charge is 0.444 e. The van der Waals surface area contributed by atoms with E-state index in [9.17, 15) is 101 Å². The minimum atomic E-state index is -4.88. The van der Waals surface area contributed by atoms with Crippen molar-refractivity contribution in [3.63, 3.8) is 0 Å². The number of halogens is 2. The van der Waals surface area contributed by atoms with Crippen molar-refractivity contribution < 1.29 is 153 Å². The van der Waals surface area contributed by atoms with Gasteiger partial charge in [-0.25, -0.2) is 76.1 Å². The zero-order valence-corrected chi connectivity index (χ0v) is 97.9. The van der Waals surface area contributed by atoms with Gasteiger partial charge in [-0.1, -0.05) is 81.1 Å². The van der Waals surface area contributed by atoms with E-state index < -0.39 is 178 Å². The van der Waals surface area contributed by atoms with E-state index >= 15 is 0 Å². The van der Waals surface area contributed by atoms with Gasteiger partial charge in [0.15, 0.2) is 0 Å². The number of carbonyl (C=O) groups excluding carboxylic acids is 6. The molecule has 0 aliphatic rings. The van der Waals surface area contributed by atoms with E-state index in [4.69, 9.17) is 58.7 Å². The summed E-state index contributed by atoms with van der Waals surface area (Å²) in [6, 6.07) is 19.6. The van der Waals surface area contributed by atoms with Crippen LogP contribution in [-0.4, -0.2) is 258 Å². The van der Waals surface area contributed by atoms with Crippen molar-refractivity contribution in [2.75, 3.05) is 100 Å². The third-order valence-electron chi connectivity index (χ3n) is 19.0. The quantitative estimate of drug-likeness (QED) is 0.00845. The largest absolute Gasteiger partial charge is 0.469 e. The summed E-state index contributed by atoms with van der Waals surface area (Å²) in [5, 5.41) is 25.7. The molecule has 45 nitrogen and oxygen atoms in total. The molecule has 4 rings (SSSR count). The van der Waals surface area contributed by atoms with Gasteiger partial charge in [0.1, 0.15) is 33.6 Å². The number of anilines is 4. The summed E-state index contributed by atoms with van der Waals surface area (Å²) >= 11 is 0. The standard InChI is InChI=1S/2C26H46N3O10PS.C26H45N3O7S.C16H30N3O6PS.2ClH/c2*1-19(2)17-29(41(35,36)22-14-12-20(13-15-22)28-24(31)39-26(6,7)8)21(18-37-40(32,33)34)11-9-10-16-27-23(30)38-25(3,4)5;1-19(2)17-29(21(18-30)11-9-10-16-27-23(31)35-25(3,4)5)37(33,34)22-14-12-20(13-15-22)28-24(32)36-26(6,7)8;1-13(2)11-19(27(23,24)16-8-6-14(18)7-9-16)15(5-3-4-10-17)12-25-26(20,21)22;;/h2*12-15,19,21H,9-11,16-18H2,1-8H3,(H,27,30)(H,28,31)(H2,32,33,34);12-15,19,21,30H,9-11,16-18H2,1-8H3,(H,27,31)(H,28,32);6-9,13,15H,3-5,10-12,17-18H2,1-2H3,(H2,20,21,22);2*1H/t3*21-;15-;;/m0000../s1. The van der Waals surface area contributed by atoms with Gasteiger partial charge >= 0.3 is 60.0 Å². The van der Waals surface area contributed by atoms with Crippen LogP contribution in [0.1, 0.15) is 257 Å². The Morgan fingerprint density at radius 2 is 0.507 bits per heavy atom. The zero-order chi connectivity index (χ0) is 112. The van der Waals surface area contributed by atoms with Crippen LogP contribution in [0.15, 0.2) is 117 Å². The van der Waals surface area contributed by atoms with Gasteiger partial charge in [0.2, 0.25) is 40.1 Å². The summed E-state index contributed by atoms with van der Waals surface area (Å²) in [7, 11) is -30.6. The maximum atomic E-state index is 13.8. The summed E-state index contributed by atoms with van der Waals surface area (Å²) in [5.74, 6) is -0.208. The van der Waals surface area contributed by atoms with Gasteiger partial charge in [-0.15, -0.1) is 24.8 Å². The fourth-order valence-electron chi connectivity index (χ4n) is 13.2. The molecule has 4 atom stereocenters. The maximum Gasteiger partial charge on any atom is 0.469 e. The van der Waals surface area contributed by atoms with E-state index in [1.54, 1.807) is 125 Å². The number of sulfonamides is 4. The molecule has 0 radical (unpaired) electrons. The molecule has 856 valence electrons. The van der Waals surface area contributed by atoms with Crippen LogP contribution in [0.25, 0.3) is 0 Å². The number of phosphoric acid groups is 3. The first-order chi connectivity index (χ1) is 66.6. The van der Waals surface area contributed by atoms with Crippen molar-refractivity contribution >= 4 is 148 Å². The van der Waals surface area contributed by atoms with Crippen molar-refractivity contribution in [1.29, 1.82) is 0 Å². The van der Waals surface area contributed by atoms with Gasteiger partial charge in [0.25, 0.3) is 0 Å². The number of nitrogen functional groups attached to an aromatic ring is 1. The van der Waals surface area contributed by atoms with Crippen LogP contribution in [-0.2, 0) is 95.8 Å². The number of hydrogen-bond acceptors (Lipinski definition) is 29. The number of carbonyl (C=O) groups is 6. The molecular formula is C94H169Cl2N12O33P3S4. The van der Waals surface area contributed by atoms with Crippen LogP contribution >= 0.6 is 48.3 Å². The maximum absolute atomic E-state index is 13.8. The van der Waals surface area contributed by atoms with E-state index in [2.05, 4.69) is 36.4 Å². The average Bonchev–Trinajstić information content (AvgIpc) is 0.810. The molecule has 148 heavy (non-hydrogen) atoms. The van der Waals surface area contributed by atoms with E-state index in [0.717, 1.165) is 0 Å². The summed E-state index contributed by atoms with van der Waals surface area (Å²) in [4.78, 5) is 127. The normalized spacial score (nSPS) is 13.5. The van der Waals surface area contributed by atoms with Gasteiger partial charge in [-0.3, -0.25) is 29.5 Å². The Hall–Kier alpha value is -7.23. The number of aliphatic hydroxyl groups excluding tert-OH is 1. The lowest BCUT2D eigenvalue weighted by molar-refractivity contribution is 0.0515. The molecule has 0 saturated heterocycles. The molecule has 0 saturated carbocycles. The van der Waals surface area contributed by atoms with E-state index in [0.29, 0.717) is 100 Å². The summed E-state index contributed by atoms with van der Waals surface area (Å²) in [6.07, 6.45) is 1.82. The fraction of sp³-hybridized carbons (Fsp3) is 0.681. The fourth-order valence-corrected chi connectivity index (χ4v) is 21.5. The second-order valence-electron chi connectivity index (χ2n) is 42.1. The number of aliphatic hydroxyl groups is 1. The molecule has 6 amide bonds. The Kier molecular flexibility index (Phi) is 62.5. The minimum absolute atomic E-state index is 0. The highest BCUT2D eigenvalue weighted by Crippen LogP contribution is 2.41. The lowest BCUT2D eigenvalue weighted by Crippen LogP contribution is -2.44. The highest BCUT2D eigenvalue weighted by Gasteiger charge is 2.40. The van der Waals surface area contributed by atoms with E-state index in [-0.39, 0.29) is 127 Å². The Morgan fingerprint density at radius 3 is 0.696 bits per heavy atom. The van der Waals surface area contributed by atoms with Crippen LogP contribution in [0.4, 0.5) is 51.5 Å². The second-order valence-corrected chi connectivity index (χ2v) is 53.4. The van der Waals surface area contributed by atoms with Crippen molar-refractivity contribution in [2.24, 2.45) is 29.4 Å². The Balaban J connectivity index is 0. The highest BCUT2D eigenvalue weighted by atomic mass is 35.5. The Labute approximate surface area is 889 Å². The van der Waals surface area contributed by atoms with Gasteiger partial charge < -0.3 is 90.3 Å². The number of amides is 6. The van der Waals surface area contributed by atoms with Crippen molar-refractivity contribution in [3.8, 4) is 0 Å². The number of phosphoric ester groups is 3. The lowest BCUT2D eigenvalue weighted by Gasteiger charge is -2.32. The van der Waals surface area contributed by atoms with Gasteiger partial charge in [-0.2, -0.15) is 17.2 Å². The first-order valence-corrected chi connectivity index (χ1v) is 58.5. The van der Waals surface area contributed by atoms with Crippen LogP contribution in [0.2, 0.25) is 0 Å². The monoisotopic (exact) mass is 2280 g/mol. The predicted octanol–water partition coefficient (Wildman–Crippen LogP) is 16.8. The predicted molar refractivity (Wildman–Crippen MR) is 573 cm³/mol. The van der Waals surface area contributed by atoms with Crippen LogP contribution in [0, 0.1) is 23.7 Å². The molecule has 0 aliphatic heterocycles. The summed E-state index contributed by atoms with van der Waals surface area (Å²) < 4.78 is 193. The van der Waals surface area contributed by atoms with Gasteiger partial charge in [0.05, 0.1) is 46.0 Å². The summed E-state index contributed by atoms with van der Waals surface area (Å²) in [5.41, 5.74) is 8.69. The van der Waals surface area contributed by atoms with Crippen LogP contribution in [0.3, 0.4) is 0 Å². The molecule has 0 bridgehead atoms. The third-order valence-corrected chi connectivity index (χ3v) is 28.2. The molecule has 4 aromatic carbocycles. The molecule has 54 heteroatoms. The molecule has 4 aromatic rings. The first kappa shape index (κ1) is 143. The van der Waals surface area contributed by atoms with Gasteiger partial charge in [-0.05, 0) is 303 Å². The molecule has 0 aliphatic carbocycles. The number of alkyl carbamates (subject to hydrolysis) is 3. The molecule has 0 spiro atoms. The molecule has 0 unspecified atom stereocenters. The van der Waals surface area contributed by atoms with Crippen molar-refractivity contribution in [2.45, 2.75) is 334 Å². The van der Waals surface area contributed by atoms with Crippen LogP contribution in [0.5, 0.6) is 0 Å². The lowest BCUT2D eigenvalue weighted by atomic mass is 10.1. The number of unbranched alkanes of at least 4 members (excludes halogenated alkanes) is 4. The zero-order valence-electron chi connectivity index (χ0n) is 90.3. The highest BCUT2D eigenvalue weighted by molar-refractivity contribution is 7.90. The van der Waals surface area contributed by atoms with Gasteiger partial charge in [0, 0.05) is 92.7 Å². The number of nitrogens with two attached hydrogens (primary N) is 2. The van der Waals surface area contributed by atoms with E-state index in [1.807, 2.05) is 55.4 Å². The molecule has 0 fully saturated rings. The average molecular weight is 2290 g/mol. The number of nitrogens with one attached hydrogen (secondary N) is 6. The molecule has 0 heterocycles. The Morgan fingerprint density at radius 1 is 0.318 bits per heavy atom. The van der Waals surface area contributed by atoms with E-state index in [1.165, 1.54) is 114 Å². The SMILES string of the molecule is CC(C)CN([C@@H](CCCCN)COP(=O)(O)O)S(=O)(=O)c1ccc(N)cc1.CC(C)CN([C@@H](CCCCNC(=O)OC(C)(C)C)COP(=O)(O)O)S(=O)(=O)c1ccc(NC(=O)OC(C)(C)C)cc1.CC(C)CN([C@@H](CCCCNC(=O)OC(C)(C)C)COP(=O)(O)O)S(=O)(=O)c1ccc(NC(=O)OC(C)(C)C)cc1.CC(C)CN([C@H](CO)CCCCNC(=O)OC(C)(C)C)S(=O)(=O)c1ccc(NC(=O)OC(C)(C)C)cc1.Cl.Cl.